The maximum Gasteiger partial charge on any atom is 0.573 e. The molecule has 0 N–H and O–H groups in total. The minimum absolute atomic E-state index is 0.262. The van der Waals surface area contributed by atoms with Crippen molar-refractivity contribution in [2.75, 3.05) is 5.88 Å². The van der Waals surface area contributed by atoms with E-state index in [-0.39, 0.29) is 5.75 Å². The Balaban J connectivity index is 2.68. The molecule has 0 unspecified atom stereocenters. The van der Waals surface area contributed by atoms with Crippen molar-refractivity contribution in [3.63, 3.8) is 0 Å². The van der Waals surface area contributed by atoms with E-state index < -0.39 is 6.36 Å². The molecule has 0 atom stereocenters. The number of ether oxygens (including phenoxy) is 1. The number of hydrogen-bond donors (Lipinski definition) is 0. The Labute approximate surface area is 103 Å². The molecule has 0 saturated carbocycles. The molecule has 17 heavy (non-hydrogen) atoms. The second-order valence-electron chi connectivity index (χ2n) is 3.17. The highest BCUT2D eigenvalue weighted by Gasteiger charge is 2.30. The fourth-order valence-electron chi connectivity index (χ4n) is 1.09. The number of unbranched alkanes of at least 4 members (excludes halogenated alkanes) is 1. The molecule has 0 aliphatic carbocycles. The summed E-state index contributed by atoms with van der Waals surface area (Å²) in [5, 5.41) is 0. The van der Waals surface area contributed by atoms with Crippen LogP contribution in [0.3, 0.4) is 0 Å². The second-order valence-corrected chi connectivity index (χ2v) is 3.55. The van der Waals surface area contributed by atoms with Crippen LogP contribution in [0.25, 0.3) is 0 Å². The van der Waals surface area contributed by atoms with Gasteiger partial charge in [-0.25, -0.2) is 0 Å². The maximum absolute atomic E-state index is 12.0. The Morgan fingerprint density at radius 2 is 2.06 bits per heavy atom. The van der Waals surface area contributed by atoms with Crippen molar-refractivity contribution in [1.82, 2.24) is 0 Å². The van der Waals surface area contributed by atoms with Gasteiger partial charge in [-0.05, 0) is 24.6 Å². The van der Waals surface area contributed by atoms with Crippen LogP contribution in [0.15, 0.2) is 24.3 Å². The van der Waals surface area contributed by atoms with E-state index in [9.17, 15) is 13.2 Å². The number of alkyl halides is 4. The topological polar surface area (TPSA) is 9.23 Å². The van der Waals surface area contributed by atoms with Gasteiger partial charge in [0.05, 0.1) is 0 Å². The highest BCUT2D eigenvalue weighted by Crippen LogP contribution is 2.22. The Morgan fingerprint density at radius 3 is 2.71 bits per heavy atom. The third-order valence-electron chi connectivity index (χ3n) is 1.74. The molecule has 0 aliphatic heterocycles. The smallest absolute Gasteiger partial charge is 0.406 e. The van der Waals surface area contributed by atoms with Crippen molar-refractivity contribution in [3.8, 4) is 17.6 Å². The van der Waals surface area contributed by atoms with Gasteiger partial charge in [0, 0.05) is 17.9 Å². The summed E-state index contributed by atoms with van der Waals surface area (Å²) < 4.78 is 39.6. The molecule has 0 amide bonds. The molecule has 0 spiro atoms. The van der Waals surface area contributed by atoms with Gasteiger partial charge in [-0.3, -0.25) is 0 Å². The van der Waals surface area contributed by atoms with Gasteiger partial charge in [0.25, 0.3) is 0 Å². The zero-order valence-corrected chi connectivity index (χ0v) is 9.61. The molecule has 5 heteroatoms. The third-order valence-corrected chi connectivity index (χ3v) is 2.00. The summed E-state index contributed by atoms with van der Waals surface area (Å²) in [7, 11) is 0. The van der Waals surface area contributed by atoms with Crippen molar-refractivity contribution < 1.29 is 17.9 Å². The van der Waals surface area contributed by atoms with E-state index in [2.05, 4.69) is 16.6 Å². The minimum atomic E-state index is -4.68. The van der Waals surface area contributed by atoms with Crippen LogP contribution in [-0.4, -0.2) is 12.2 Å². The van der Waals surface area contributed by atoms with Gasteiger partial charge < -0.3 is 4.74 Å². The zero-order chi connectivity index (χ0) is 12.7. The molecule has 0 radical (unpaired) electrons. The second kappa shape index (κ2) is 6.41. The monoisotopic (exact) mass is 262 g/mol. The lowest BCUT2D eigenvalue weighted by molar-refractivity contribution is -0.274. The standard InChI is InChI=1S/C12H10ClF3O/c13-8-3-1-2-5-10-6-4-7-11(9-10)17-12(14,15)16/h4,6-7,9H,1,3,8H2. The normalized spacial score (nSPS) is 10.6. The largest absolute Gasteiger partial charge is 0.573 e. The van der Waals surface area contributed by atoms with Gasteiger partial charge in [-0.1, -0.05) is 17.9 Å². The highest BCUT2D eigenvalue weighted by molar-refractivity contribution is 6.17. The quantitative estimate of drug-likeness (QED) is 0.455. The van der Waals surface area contributed by atoms with E-state index in [4.69, 9.17) is 11.6 Å². The van der Waals surface area contributed by atoms with Crippen LogP contribution in [0.1, 0.15) is 18.4 Å². The van der Waals surface area contributed by atoms with Crippen LogP contribution in [-0.2, 0) is 0 Å². The summed E-state index contributed by atoms with van der Waals surface area (Å²) in [4.78, 5) is 0. The molecule has 0 fully saturated rings. The van der Waals surface area contributed by atoms with Crippen LogP contribution in [0.2, 0.25) is 0 Å². The fraction of sp³-hybridized carbons (Fsp3) is 0.333. The zero-order valence-electron chi connectivity index (χ0n) is 8.85. The van der Waals surface area contributed by atoms with Gasteiger partial charge in [0.15, 0.2) is 0 Å². The summed E-state index contributed by atoms with van der Waals surface area (Å²) in [6.07, 6.45) is -3.30. The van der Waals surface area contributed by atoms with Crippen molar-refractivity contribution in [1.29, 1.82) is 0 Å². The Morgan fingerprint density at radius 1 is 1.29 bits per heavy atom. The van der Waals surface area contributed by atoms with Crippen LogP contribution >= 0.6 is 11.6 Å². The lowest BCUT2D eigenvalue weighted by atomic mass is 10.2. The van der Waals surface area contributed by atoms with Gasteiger partial charge in [-0.2, -0.15) is 0 Å². The molecule has 0 bridgehead atoms. The first kappa shape index (κ1) is 13.7. The van der Waals surface area contributed by atoms with Crippen LogP contribution in [0.5, 0.6) is 5.75 Å². The summed E-state index contributed by atoms with van der Waals surface area (Å²) in [5.41, 5.74) is 0.487. The average molecular weight is 263 g/mol. The van der Waals surface area contributed by atoms with Gasteiger partial charge in [0.2, 0.25) is 0 Å². The highest BCUT2D eigenvalue weighted by atomic mass is 35.5. The predicted molar refractivity (Wildman–Crippen MR) is 60.0 cm³/mol. The first-order valence-corrected chi connectivity index (χ1v) is 5.45. The molecule has 1 rings (SSSR count). The minimum Gasteiger partial charge on any atom is -0.406 e. The van der Waals surface area contributed by atoms with Gasteiger partial charge in [-0.15, -0.1) is 24.8 Å². The number of benzene rings is 1. The summed E-state index contributed by atoms with van der Waals surface area (Å²) in [6, 6.07) is 5.57. The molecule has 0 aliphatic rings. The van der Waals surface area contributed by atoms with E-state index in [1.54, 1.807) is 6.07 Å². The Kier molecular flexibility index (Phi) is 5.17. The predicted octanol–water partition coefficient (Wildman–Crippen LogP) is 3.96. The van der Waals surface area contributed by atoms with E-state index in [0.717, 1.165) is 6.42 Å². The van der Waals surface area contributed by atoms with Crippen LogP contribution < -0.4 is 4.74 Å². The van der Waals surface area contributed by atoms with E-state index in [1.165, 1.54) is 18.2 Å². The molecular formula is C12H10ClF3O. The first-order chi connectivity index (χ1) is 8.01. The van der Waals surface area contributed by atoms with Crippen molar-refractivity contribution in [2.24, 2.45) is 0 Å². The van der Waals surface area contributed by atoms with E-state index in [0.29, 0.717) is 17.9 Å². The number of halogens is 4. The lowest BCUT2D eigenvalue weighted by Crippen LogP contribution is -2.17. The first-order valence-electron chi connectivity index (χ1n) is 4.92. The average Bonchev–Trinajstić information content (AvgIpc) is 2.23. The molecule has 1 aromatic rings. The van der Waals surface area contributed by atoms with Crippen molar-refractivity contribution in [2.45, 2.75) is 19.2 Å². The van der Waals surface area contributed by atoms with Crippen LogP contribution in [0.4, 0.5) is 13.2 Å². The fourth-order valence-corrected chi connectivity index (χ4v) is 1.22. The number of rotatable bonds is 3. The third kappa shape index (κ3) is 6.08. The summed E-state index contributed by atoms with van der Waals surface area (Å²) >= 11 is 5.47. The molecule has 1 nitrogen and oxygen atoms in total. The lowest BCUT2D eigenvalue weighted by Gasteiger charge is -2.08. The van der Waals surface area contributed by atoms with E-state index in [1.807, 2.05) is 0 Å². The number of hydrogen-bond acceptors (Lipinski definition) is 1. The molecule has 92 valence electrons. The molecular weight excluding hydrogens is 253 g/mol. The van der Waals surface area contributed by atoms with Crippen molar-refractivity contribution in [3.05, 3.63) is 29.8 Å². The molecule has 0 aromatic heterocycles. The van der Waals surface area contributed by atoms with Gasteiger partial charge >= 0.3 is 6.36 Å². The Bertz CT molecular complexity index is 418. The maximum atomic E-state index is 12.0. The summed E-state index contributed by atoms with van der Waals surface area (Å²) in [5.74, 6) is 5.83. The molecule has 0 saturated heterocycles. The van der Waals surface area contributed by atoms with Gasteiger partial charge in [0.1, 0.15) is 5.75 Å². The van der Waals surface area contributed by atoms with E-state index >= 15 is 0 Å². The van der Waals surface area contributed by atoms with Crippen LogP contribution in [0, 0.1) is 11.8 Å². The molecule has 1 aromatic carbocycles. The van der Waals surface area contributed by atoms with Crippen molar-refractivity contribution >= 4 is 11.6 Å². The summed E-state index contributed by atoms with van der Waals surface area (Å²) in [6.45, 7) is 0. The Hall–Kier alpha value is -1.34. The molecule has 0 heterocycles. The SMILES string of the molecule is FC(F)(F)Oc1cccc(C#CCCCCl)c1.